The Labute approximate surface area is 186 Å². The Morgan fingerprint density at radius 2 is 1.90 bits per heavy atom. The summed E-state index contributed by atoms with van der Waals surface area (Å²) in [7, 11) is 0. The number of aryl methyl sites for hydroxylation is 2. The molecule has 0 atom stereocenters. The van der Waals surface area contributed by atoms with Crippen LogP contribution in [-0.2, 0) is 17.6 Å². The van der Waals surface area contributed by atoms with E-state index in [0.717, 1.165) is 54.8 Å². The van der Waals surface area contributed by atoms with Crippen molar-refractivity contribution in [1.82, 2.24) is 14.9 Å². The Kier molecular flexibility index (Phi) is 7.88. The van der Waals surface area contributed by atoms with Crippen LogP contribution in [0.3, 0.4) is 0 Å². The van der Waals surface area contributed by atoms with Crippen LogP contribution in [-0.4, -0.2) is 47.3 Å². The van der Waals surface area contributed by atoms with Gasteiger partial charge in [0, 0.05) is 24.5 Å². The van der Waals surface area contributed by atoms with Crippen LogP contribution in [0.5, 0.6) is 5.75 Å². The molecule has 0 aliphatic carbocycles. The number of aromatic nitrogens is 2. The molecule has 0 fully saturated rings. The predicted molar refractivity (Wildman–Crippen MR) is 122 cm³/mol. The second-order valence-electron chi connectivity index (χ2n) is 9.35. The summed E-state index contributed by atoms with van der Waals surface area (Å²) in [4.78, 5) is 23.3. The Balaban J connectivity index is 1.68. The topological polar surface area (TPSA) is 64.6 Å². The third-order valence-corrected chi connectivity index (χ3v) is 5.31. The van der Waals surface area contributed by atoms with Crippen molar-refractivity contribution in [1.29, 1.82) is 0 Å². The fourth-order valence-corrected chi connectivity index (χ4v) is 3.47. The first-order valence-electron chi connectivity index (χ1n) is 11.3. The molecule has 168 valence electrons. The summed E-state index contributed by atoms with van der Waals surface area (Å²) in [6.45, 7) is 10.4. The molecule has 6 nitrogen and oxygen atoms in total. The number of nitrogens with zero attached hydrogens (tertiary/aromatic N) is 3. The number of ether oxygens (including phenoxy) is 2. The lowest BCUT2D eigenvalue weighted by molar-refractivity contribution is 0.0678. The molecule has 0 saturated carbocycles. The van der Waals surface area contributed by atoms with Crippen LogP contribution in [0.25, 0.3) is 11.4 Å². The highest BCUT2D eigenvalue weighted by Gasteiger charge is 2.20. The fraction of sp³-hybridized carbons (Fsp3) is 0.560. The molecule has 0 bridgehead atoms. The Hall–Kier alpha value is -2.63. The lowest BCUT2D eigenvalue weighted by Crippen LogP contribution is -2.37. The normalized spacial score (nSPS) is 15.4. The number of amides is 1. The SMILES string of the molecule is CCc1cnc(-c2ccc3c(c2)CCCCCN(C(=O)OCC(C)(C)C)CCO3)nc1. The summed E-state index contributed by atoms with van der Waals surface area (Å²) >= 11 is 0. The number of hydrogen-bond donors (Lipinski definition) is 0. The predicted octanol–water partition coefficient (Wildman–Crippen LogP) is 5.30. The van der Waals surface area contributed by atoms with E-state index in [1.165, 1.54) is 5.56 Å². The Morgan fingerprint density at radius 3 is 2.61 bits per heavy atom. The Morgan fingerprint density at radius 1 is 1.13 bits per heavy atom. The minimum Gasteiger partial charge on any atom is -0.491 e. The van der Waals surface area contributed by atoms with Gasteiger partial charge in [0.15, 0.2) is 5.82 Å². The summed E-state index contributed by atoms with van der Waals surface area (Å²) in [6, 6.07) is 6.15. The van der Waals surface area contributed by atoms with Gasteiger partial charge in [0.2, 0.25) is 0 Å². The number of carbonyl (C=O) groups excluding carboxylic acids is 1. The van der Waals surface area contributed by atoms with Gasteiger partial charge < -0.3 is 14.4 Å². The standard InChI is InChI=1S/C25H35N3O3/c1-5-19-16-26-23(27-17-19)21-10-11-22-20(15-21)9-7-6-8-12-28(13-14-30-22)24(29)31-18-25(2,3)4/h10-11,15-17H,5-9,12-14,18H2,1-4H3. The minimum atomic E-state index is -0.249. The molecule has 1 amide bonds. The van der Waals surface area contributed by atoms with Crippen molar-refractivity contribution in [2.75, 3.05) is 26.3 Å². The zero-order chi connectivity index (χ0) is 22.3. The summed E-state index contributed by atoms with van der Waals surface area (Å²) < 4.78 is 11.6. The van der Waals surface area contributed by atoms with Crippen LogP contribution < -0.4 is 4.74 Å². The van der Waals surface area contributed by atoms with Gasteiger partial charge in [-0.2, -0.15) is 0 Å². The first kappa shape index (κ1) is 23.0. The number of hydrogen-bond acceptors (Lipinski definition) is 5. The molecule has 1 aromatic carbocycles. The van der Waals surface area contributed by atoms with Crippen molar-refractivity contribution < 1.29 is 14.3 Å². The van der Waals surface area contributed by atoms with Gasteiger partial charge in [-0.1, -0.05) is 34.1 Å². The number of carbonyl (C=O) groups is 1. The average molecular weight is 426 g/mol. The molecule has 1 aliphatic heterocycles. The second-order valence-corrected chi connectivity index (χ2v) is 9.35. The van der Waals surface area contributed by atoms with Gasteiger partial charge in [-0.05, 0) is 60.4 Å². The molecule has 2 heterocycles. The van der Waals surface area contributed by atoms with E-state index in [1.54, 1.807) is 4.90 Å². The maximum absolute atomic E-state index is 12.5. The molecule has 0 unspecified atom stereocenters. The van der Waals surface area contributed by atoms with Crippen LogP contribution in [0.1, 0.15) is 58.1 Å². The monoisotopic (exact) mass is 425 g/mol. The molecule has 31 heavy (non-hydrogen) atoms. The molecule has 1 aromatic heterocycles. The van der Waals surface area contributed by atoms with Gasteiger partial charge in [-0.25, -0.2) is 14.8 Å². The molecule has 0 spiro atoms. The average Bonchev–Trinajstić information content (AvgIpc) is 2.80. The van der Waals surface area contributed by atoms with Crippen LogP contribution in [0.15, 0.2) is 30.6 Å². The first-order chi connectivity index (χ1) is 14.9. The Bertz CT molecular complexity index is 859. The van der Waals surface area contributed by atoms with Crippen LogP contribution in [0.4, 0.5) is 4.79 Å². The molecule has 0 N–H and O–H groups in total. The van der Waals surface area contributed by atoms with E-state index in [0.29, 0.717) is 26.3 Å². The zero-order valence-electron chi connectivity index (χ0n) is 19.3. The number of rotatable bonds is 3. The largest absolute Gasteiger partial charge is 0.491 e. The molecule has 0 saturated heterocycles. The number of fused-ring (bicyclic) bond motifs is 1. The third kappa shape index (κ3) is 6.94. The third-order valence-electron chi connectivity index (χ3n) is 5.31. The smallest absolute Gasteiger partial charge is 0.409 e. The first-order valence-corrected chi connectivity index (χ1v) is 11.3. The van der Waals surface area contributed by atoms with Crippen LogP contribution in [0, 0.1) is 5.41 Å². The molecule has 6 heteroatoms. The van der Waals surface area contributed by atoms with Gasteiger partial charge in [0.25, 0.3) is 0 Å². The highest BCUT2D eigenvalue weighted by atomic mass is 16.6. The maximum Gasteiger partial charge on any atom is 0.409 e. The quantitative estimate of drug-likeness (QED) is 0.668. The highest BCUT2D eigenvalue weighted by molar-refractivity contribution is 5.67. The van der Waals surface area contributed by atoms with E-state index < -0.39 is 0 Å². The van der Waals surface area contributed by atoms with E-state index in [-0.39, 0.29) is 11.5 Å². The van der Waals surface area contributed by atoms with E-state index in [4.69, 9.17) is 9.47 Å². The van der Waals surface area contributed by atoms with Gasteiger partial charge in [0.05, 0.1) is 13.2 Å². The zero-order valence-corrected chi connectivity index (χ0v) is 19.3. The summed E-state index contributed by atoms with van der Waals surface area (Å²) in [5.74, 6) is 1.61. The summed E-state index contributed by atoms with van der Waals surface area (Å²) in [5.41, 5.74) is 3.27. The van der Waals surface area contributed by atoms with E-state index in [1.807, 2.05) is 24.5 Å². The van der Waals surface area contributed by atoms with Gasteiger partial charge in [-0.15, -0.1) is 0 Å². The minimum absolute atomic E-state index is 0.0437. The highest BCUT2D eigenvalue weighted by Crippen LogP contribution is 2.27. The molecular formula is C25H35N3O3. The van der Waals surface area contributed by atoms with E-state index in [9.17, 15) is 4.79 Å². The molecule has 3 rings (SSSR count). The van der Waals surface area contributed by atoms with E-state index in [2.05, 4.69) is 43.7 Å². The molecule has 2 aromatic rings. The summed E-state index contributed by atoms with van der Waals surface area (Å²) in [5, 5.41) is 0. The van der Waals surface area contributed by atoms with Gasteiger partial charge >= 0.3 is 6.09 Å². The lowest BCUT2D eigenvalue weighted by Gasteiger charge is -2.25. The van der Waals surface area contributed by atoms with Crippen molar-refractivity contribution in [2.45, 2.75) is 59.8 Å². The van der Waals surface area contributed by atoms with E-state index >= 15 is 0 Å². The fourth-order valence-electron chi connectivity index (χ4n) is 3.47. The molecular weight excluding hydrogens is 390 g/mol. The van der Waals surface area contributed by atoms with Gasteiger partial charge in [0.1, 0.15) is 12.4 Å². The maximum atomic E-state index is 12.5. The summed E-state index contributed by atoms with van der Waals surface area (Å²) in [6.07, 6.45) is 8.45. The van der Waals surface area contributed by atoms with Crippen molar-refractivity contribution in [2.24, 2.45) is 5.41 Å². The van der Waals surface area contributed by atoms with Crippen molar-refractivity contribution in [3.8, 4) is 17.1 Å². The second kappa shape index (κ2) is 10.6. The van der Waals surface area contributed by atoms with Crippen LogP contribution >= 0.6 is 0 Å². The van der Waals surface area contributed by atoms with Crippen molar-refractivity contribution >= 4 is 6.09 Å². The van der Waals surface area contributed by atoms with Crippen molar-refractivity contribution in [3.05, 3.63) is 41.7 Å². The number of benzene rings is 1. The van der Waals surface area contributed by atoms with Crippen molar-refractivity contribution in [3.63, 3.8) is 0 Å². The van der Waals surface area contributed by atoms with Crippen LogP contribution in [0.2, 0.25) is 0 Å². The molecule has 0 radical (unpaired) electrons. The van der Waals surface area contributed by atoms with Gasteiger partial charge in [-0.3, -0.25) is 0 Å². The molecule has 1 aliphatic rings. The lowest BCUT2D eigenvalue weighted by atomic mass is 9.99.